The van der Waals surface area contributed by atoms with E-state index in [1.54, 1.807) is 20.8 Å². The predicted octanol–water partition coefficient (Wildman–Crippen LogP) is 0.697. The highest BCUT2D eigenvalue weighted by Gasteiger charge is 2.44. The minimum absolute atomic E-state index is 0.113. The maximum Gasteiger partial charge on any atom is 0.412 e. The van der Waals surface area contributed by atoms with Crippen LogP contribution in [0, 0.1) is 0 Å². The lowest BCUT2D eigenvalue weighted by molar-refractivity contribution is -0.0715. The number of carbonyl (C=O) groups excluding carboxylic acids is 1. The Morgan fingerprint density at radius 2 is 2.07 bits per heavy atom. The van der Waals surface area contributed by atoms with Crippen molar-refractivity contribution in [2.24, 2.45) is 0 Å². The van der Waals surface area contributed by atoms with Gasteiger partial charge in [0.15, 0.2) is 0 Å². The molecule has 2 atom stereocenters. The minimum atomic E-state index is -1.32. The van der Waals surface area contributed by atoms with Gasteiger partial charge in [-0.25, -0.2) is 4.79 Å². The standard InChI is InChI=1S/C10H19NO4/c1-9(2,3)15-8(13)11-6-7(12)5-10(11,4)14/h7,12,14H,5-6H2,1-4H3/t7-,10+/m1/s1. The number of aliphatic hydroxyl groups excluding tert-OH is 1. The van der Waals surface area contributed by atoms with E-state index in [1.165, 1.54) is 6.92 Å². The first-order valence-electron chi connectivity index (χ1n) is 5.03. The number of hydrogen-bond acceptors (Lipinski definition) is 4. The summed E-state index contributed by atoms with van der Waals surface area (Å²) in [6, 6.07) is 0. The molecule has 0 aromatic heterocycles. The van der Waals surface area contributed by atoms with Crippen molar-refractivity contribution < 1.29 is 19.7 Å². The fraction of sp³-hybridized carbons (Fsp3) is 0.900. The highest BCUT2D eigenvalue weighted by atomic mass is 16.6. The van der Waals surface area contributed by atoms with Crippen LogP contribution in [-0.4, -0.2) is 45.2 Å². The van der Waals surface area contributed by atoms with E-state index in [0.717, 1.165) is 4.90 Å². The molecule has 15 heavy (non-hydrogen) atoms. The molecule has 1 rings (SSSR count). The fourth-order valence-electron chi connectivity index (χ4n) is 1.62. The largest absolute Gasteiger partial charge is 0.444 e. The van der Waals surface area contributed by atoms with Crippen LogP contribution in [0.15, 0.2) is 0 Å². The average Bonchev–Trinajstić information content (AvgIpc) is 2.20. The Balaban J connectivity index is 2.68. The Labute approximate surface area is 89.6 Å². The van der Waals surface area contributed by atoms with Gasteiger partial charge < -0.3 is 14.9 Å². The minimum Gasteiger partial charge on any atom is -0.444 e. The van der Waals surface area contributed by atoms with E-state index in [-0.39, 0.29) is 13.0 Å². The molecule has 0 radical (unpaired) electrons. The first-order chi connectivity index (χ1) is 6.62. The molecule has 2 N–H and O–H groups in total. The number of nitrogens with zero attached hydrogens (tertiary/aromatic N) is 1. The molecule has 1 aliphatic heterocycles. The van der Waals surface area contributed by atoms with Crippen LogP contribution < -0.4 is 0 Å². The number of amides is 1. The van der Waals surface area contributed by atoms with Crippen molar-refractivity contribution in [1.82, 2.24) is 4.90 Å². The molecule has 88 valence electrons. The van der Waals surface area contributed by atoms with Gasteiger partial charge in [-0.05, 0) is 27.7 Å². The van der Waals surface area contributed by atoms with E-state index < -0.39 is 23.5 Å². The fourth-order valence-corrected chi connectivity index (χ4v) is 1.62. The van der Waals surface area contributed by atoms with Crippen LogP contribution in [0.25, 0.3) is 0 Å². The van der Waals surface area contributed by atoms with Gasteiger partial charge in [0, 0.05) is 6.42 Å². The van der Waals surface area contributed by atoms with E-state index in [1.807, 2.05) is 0 Å². The first kappa shape index (κ1) is 12.3. The SMILES string of the molecule is CC(C)(C)OC(=O)N1C[C@H](O)C[C@]1(C)O. The van der Waals surface area contributed by atoms with E-state index in [0.29, 0.717) is 0 Å². The Kier molecular flexibility index (Phi) is 2.98. The third-order valence-electron chi connectivity index (χ3n) is 2.21. The second-order valence-corrected chi connectivity index (χ2v) is 5.17. The molecule has 5 nitrogen and oxygen atoms in total. The summed E-state index contributed by atoms with van der Waals surface area (Å²) in [5, 5.41) is 19.2. The second kappa shape index (κ2) is 3.64. The van der Waals surface area contributed by atoms with Crippen molar-refractivity contribution >= 4 is 6.09 Å². The van der Waals surface area contributed by atoms with Crippen molar-refractivity contribution in [2.45, 2.75) is 51.5 Å². The second-order valence-electron chi connectivity index (χ2n) is 5.17. The number of likely N-dealkylation sites (tertiary alicyclic amines) is 1. The van der Waals surface area contributed by atoms with Gasteiger partial charge in [0.25, 0.3) is 0 Å². The first-order valence-corrected chi connectivity index (χ1v) is 5.03. The van der Waals surface area contributed by atoms with Crippen molar-refractivity contribution in [2.75, 3.05) is 6.54 Å². The van der Waals surface area contributed by atoms with Crippen LogP contribution >= 0.6 is 0 Å². The maximum absolute atomic E-state index is 11.7. The zero-order chi connectivity index (χ0) is 11.9. The molecule has 0 spiro atoms. The summed E-state index contributed by atoms with van der Waals surface area (Å²) >= 11 is 0. The summed E-state index contributed by atoms with van der Waals surface area (Å²) in [5.41, 5.74) is -1.91. The lowest BCUT2D eigenvalue weighted by atomic mass is 10.2. The van der Waals surface area contributed by atoms with Crippen LogP contribution in [-0.2, 0) is 4.74 Å². The summed E-state index contributed by atoms with van der Waals surface area (Å²) < 4.78 is 5.12. The molecule has 0 aromatic rings. The Morgan fingerprint density at radius 1 is 1.53 bits per heavy atom. The lowest BCUT2D eigenvalue weighted by Crippen LogP contribution is -2.47. The number of rotatable bonds is 0. The highest BCUT2D eigenvalue weighted by molar-refractivity contribution is 5.69. The number of β-amino-alcohol motifs (C(OH)–C–C–N with tert-alkyl or cyclic N) is 1. The van der Waals surface area contributed by atoms with Gasteiger partial charge in [0.05, 0.1) is 12.6 Å². The molecule has 1 amide bonds. The van der Waals surface area contributed by atoms with E-state index >= 15 is 0 Å². The number of hydrogen-bond donors (Lipinski definition) is 2. The summed E-state index contributed by atoms with van der Waals surface area (Å²) in [5.74, 6) is 0. The molecule has 0 saturated carbocycles. The van der Waals surface area contributed by atoms with Crippen LogP contribution in [0.3, 0.4) is 0 Å². The van der Waals surface area contributed by atoms with Crippen molar-refractivity contribution in [3.63, 3.8) is 0 Å². The van der Waals surface area contributed by atoms with Crippen molar-refractivity contribution in [1.29, 1.82) is 0 Å². The molecule has 0 unspecified atom stereocenters. The van der Waals surface area contributed by atoms with Gasteiger partial charge in [-0.3, -0.25) is 4.90 Å². The van der Waals surface area contributed by atoms with E-state index in [9.17, 15) is 15.0 Å². The van der Waals surface area contributed by atoms with Crippen molar-refractivity contribution in [3.05, 3.63) is 0 Å². The number of carbonyl (C=O) groups is 1. The van der Waals surface area contributed by atoms with E-state index in [2.05, 4.69) is 0 Å². The third kappa shape index (κ3) is 3.07. The topological polar surface area (TPSA) is 70.0 Å². The molecule has 1 heterocycles. The van der Waals surface area contributed by atoms with Gasteiger partial charge >= 0.3 is 6.09 Å². The summed E-state index contributed by atoms with van der Waals surface area (Å²) in [6.07, 6.45) is -1.12. The van der Waals surface area contributed by atoms with Crippen LogP contribution in [0.5, 0.6) is 0 Å². The Morgan fingerprint density at radius 3 is 2.40 bits per heavy atom. The Hall–Kier alpha value is -0.810. The van der Waals surface area contributed by atoms with Crippen LogP contribution in [0.4, 0.5) is 4.79 Å². The van der Waals surface area contributed by atoms with Crippen LogP contribution in [0.1, 0.15) is 34.1 Å². The van der Waals surface area contributed by atoms with Crippen molar-refractivity contribution in [3.8, 4) is 0 Å². The zero-order valence-electron chi connectivity index (χ0n) is 9.65. The monoisotopic (exact) mass is 217 g/mol. The molecular weight excluding hydrogens is 198 g/mol. The number of aliphatic hydroxyl groups is 2. The Bertz CT molecular complexity index is 257. The maximum atomic E-state index is 11.7. The van der Waals surface area contributed by atoms with Gasteiger partial charge in [-0.1, -0.05) is 0 Å². The van der Waals surface area contributed by atoms with Crippen LogP contribution in [0.2, 0.25) is 0 Å². The highest BCUT2D eigenvalue weighted by Crippen LogP contribution is 2.28. The molecule has 0 aliphatic carbocycles. The summed E-state index contributed by atoms with van der Waals surface area (Å²) in [6.45, 7) is 6.87. The quantitative estimate of drug-likeness (QED) is 0.626. The lowest BCUT2D eigenvalue weighted by Gasteiger charge is -2.31. The van der Waals surface area contributed by atoms with Gasteiger partial charge in [-0.2, -0.15) is 0 Å². The molecular formula is C10H19NO4. The normalized spacial score (nSPS) is 31.9. The molecule has 0 bridgehead atoms. The van der Waals surface area contributed by atoms with Gasteiger partial charge in [0.1, 0.15) is 11.3 Å². The molecule has 1 saturated heterocycles. The number of ether oxygens (including phenoxy) is 1. The summed E-state index contributed by atoms with van der Waals surface area (Å²) in [4.78, 5) is 12.8. The predicted molar refractivity (Wildman–Crippen MR) is 54.2 cm³/mol. The average molecular weight is 217 g/mol. The molecule has 0 aromatic carbocycles. The third-order valence-corrected chi connectivity index (χ3v) is 2.21. The van der Waals surface area contributed by atoms with Gasteiger partial charge in [-0.15, -0.1) is 0 Å². The zero-order valence-corrected chi connectivity index (χ0v) is 9.65. The smallest absolute Gasteiger partial charge is 0.412 e. The summed E-state index contributed by atoms with van der Waals surface area (Å²) in [7, 11) is 0. The molecule has 1 fully saturated rings. The van der Waals surface area contributed by atoms with E-state index in [4.69, 9.17) is 4.74 Å². The molecule has 1 aliphatic rings. The van der Waals surface area contributed by atoms with Gasteiger partial charge in [0.2, 0.25) is 0 Å². The molecule has 5 heteroatoms.